The Bertz CT molecular complexity index is 6310. The Kier molecular flexibility index (Phi) is 22.4. The van der Waals surface area contributed by atoms with Gasteiger partial charge < -0.3 is 18.9 Å². The zero-order chi connectivity index (χ0) is 83.7. The molecule has 0 saturated heterocycles. The number of hydrogen-bond acceptors (Lipinski definition) is 12. The van der Waals surface area contributed by atoms with Crippen LogP contribution in [0.3, 0.4) is 0 Å². The van der Waals surface area contributed by atoms with Gasteiger partial charge in [0.1, 0.15) is 23.0 Å². The van der Waals surface area contributed by atoms with Gasteiger partial charge in [0.2, 0.25) is 0 Å². The van der Waals surface area contributed by atoms with Crippen LogP contribution in [-0.4, -0.2) is 66.3 Å². The third-order valence-corrected chi connectivity index (χ3v) is 22.5. The molecule has 20 aromatic rings. The first kappa shape index (κ1) is 78.0. The molecule has 0 saturated carbocycles. The van der Waals surface area contributed by atoms with Crippen LogP contribution in [0.2, 0.25) is 0 Å². The summed E-state index contributed by atoms with van der Waals surface area (Å²) in [7, 11) is 0. The molecule has 0 fully saturated rings. The predicted molar refractivity (Wildman–Crippen MR) is 506 cm³/mol. The second-order valence-corrected chi connectivity index (χ2v) is 30.0. The van der Waals surface area contributed by atoms with Gasteiger partial charge in [-0.05, 0) is 212 Å². The zero-order valence-electron chi connectivity index (χ0n) is 69.0. The third kappa shape index (κ3) is 15.8. The van der Waals surface area contributed by atoms with Crippen LogP contribution >= 0.6 is 0 Å². The molecule has 8 heterocycles. The molecule has 0 spiro atoms. The van der Waals surface area contributed by atoms with E-state index in [4.69, 9.17) is 38.9 Å². The molecule has 0 aliphatic carbocycles. The molecule has 0 atom stereocenters. The highest BCUT2D eigenvalue weighted by atomic mass is 16.5. The van der Waals surface area contributed by atoms with E-state index >= 15 is 0 Å². The molecule has 0 bridgehead atoms. The maximum atomic E-state index is 6.80. The summed E-state index contributed by atoms with van der Waals surface area (Å²) in [5.74, 6) is 3.28. The Morgan fingerprint density at radius 2 is 0.363 bits per heavy atom. The smallest absolute Gasteiger partial charge is 0.135 e. The van der Waals surface area contributed by atoms with Gasteiger partial charge in [0.25, 0.3) is 0 Å². The minimum Gasteiger partial charge on any atom is -0.493 e. The van der Waals surface area contributed by atoms with Gasteiger partial charge in [-0.15, -0.1) is 0 Å². The largest absolute Gasteiger partial charge is 0.493 e. The van der Waals surface area contributed by atoms with Crippen molar-refractivity contribution in [1.82, 2.24) is 39.9 Å². The molecule has 20 rings (SSSR count). The molecule has 12 aromatic carbocycles. The molecule has 0 aliphatic heterocycles. The van der Waals surface area contributed by atoms with E-state index in [0.29, 0.717) is 26.4 Å². The van der Waals surface area contributed by atoms with Gasteiger partial charge in [-0.25, -0.2) is 0 Å². The molecule has 12 heteroatoms. The van der Waals surface area contributed by atoms with Crippen LogP contribution in [0.4, 0.5) is 0 Å². The number of fused-ring (bicyclic) bond motifs is 4. The normalized spacial score (nSPS) is 11.2. The highest BCUT2D eigenvalue weighted by Crippen LogP contribution is 2.55. The zero-order valence-corrected chi connectivity index (χ0v) is 69.0. The Labute approximate surface area is 720 Å². The summed E-state index contributed by atoms with van der Waals surface area (Å²) >= 11 is 0. The Morgan fingerprint density at radius 3 is 0.548 bits per heavy atom. The SMILES string of the molecule is CCOc1c(-c2ccc(-c3ccc(-c4ccccn4)nc3)cc2)cc2ccccc2c1-c1c(OCC)c(-c2ccc(-c3ccc(-c4ccccn4)nc3)cc2)cc2ccccc12.CCOc1c(-c2ccc(-c3ccc(-c4ccccn4)nc3)cc2)cc2ccccc2c1-c1c(OCC)c(-c2ccc(-c3ccc(-c4ccccn4)nc3)cc2)cc2ccccc12. The highest BCUT2D eigenvalue weighted by molar-refractivity contribution is 6.16. The van der Waals surface area contributed by atoms with Crippen LogP contribution in [0.25, 0.3) is 200 Å². The van der Waals surface area contributed by atoms with Crippen LogP contribution in [0, 0.1) is 0 Å². The summed E-state index contributed by atoms with van der Waals surface area (Å²) in [6.45, 7) is 10.2. The van der Waals surface area contributed by atoms with Crippen LogP contribution in [0.1, 0.15) is 27.7 Å². The molecular weight excluding hydrogens is 1520 g/mol. The van der Waals surface area contributed by atoms with Crippen LogP contribution in [-0.2, 0) is 0 Å². The van der Waals surface area contributed by atoms with Crippen molar-refractivity contribution in [2.45, 2.75) is 27.7 Å². The summed E-state index contributed by atoms with van der Waals surface area (Å²) in [4.78, 5) is 36.8. The lowest BCUT2D eigenvalue weighted by atomic mass is 9.86. The summed E-state index contributed by atoms with van der Waals surface area (Å²) < 4.78 is 27.2. The molecule has 0 aliphatic rings. The number of benzene rings is 12. The molecule has 0 unspecified atom stereocenters. The van der Waals surface area contributed by atoms with Crippen molar-refractivity contribution in [2.75, 3.05) is 26.4 Å². The summed E-state index contributed by atoms with van der Waals surface area (Å²) in [6.07, 6.45) is 14.8. The topological polar surface area (TPSA) is 140 Å². The van der Waals surface area contributed by atoms with E-state index in [1.54, 1.807) is 24.8 Å². The van der Waals surface area contributed by atoms with Crippen molar-refractivity contribution in [1.29, 1.82) is 0 Å². The minimum absolute atomic E-state index is 0.492. The first-order chi connectivity index (χ1) is 61.3. The van der Waals surface area contributed by atoms with Gasteiger partial charge in [0, 0.05) is 116 Å². The van der Waals surface area contributed by atoms with Gasteiger partial charge >= 0.3 is 0 Å². The highest BCUT2D eigenvalue weighted by Gasteiger charge is 2.29. The number of nitrogens with zero attached hydrogens (tertiary/aromatic N) is 8. The number of rotatable bonds is 22. The fourth-order valence-electron chi connectivity index (χ4n) is 16.6. The lowest BCUT2D eigenvalue weighted by Gasteiger charge is -2.24. The monoisotopic (exact) mass is 1600 g/mol. The number of pyridine rings is 8. The molecule has 124 heavy (non-hydrogen) atoms. The van der Waals surface area contributed by atoms with Gasteiger partial charge in [-0.3, -0.25) is 39.9 Å². The minimum atomic E-state index is 0.492. The standard InChI is InChI=1S/2C56H42N4O2/c2*1-3-61-55-47(39-23-19-37(20-24-39)43-27-29-51(59-35-43)49-17-9-11-31-57-49)33-41-13-5-7-15-45(41)53(55)54-46-16-8-6-14-42(46)34-48(56(54)62-4-2)40-25-21-38(22-26-40)44-28-30-52(60-36-44)50-18-10-12-32-58-50/h2*5-36H,3-4H2,1-2H3. The third-order valence-electron chi connectivity index (χ3n) is 22.5. The van der Waals surface area contributed by atoms with Crippen molar-refractivity contribution in [3.05, 3.63) is 389 Å². The number of hydrogen-bond donors (Lipinski definition) is 0. The van der Waals surface area contributed by atoms with Crippen molar-refractivity contribution >= 4 is 43.1 Å². The Hall–Kier alpha value is -15.9. The van der Waals surface area contributed by atoms with Crippen LogP contribution in [0.15, 0.2) is 389 Å². The van der Waals surface area contributed by atoms with E-state index in [1.807, 2.05) is 122 Å². The predicted octanol–water partition coefficient (Wildman–Crippen LogP) is 28.1. The van der Waals surface area contributed by atoms with Crippen LogP contribution in [0.5, 0.6) is 23.0 Å². The van der Waals surface area contributed by atoms with Gasteiger partial charge in [0.05, 0.1) is 72.0 Å². The maximum absolute atomic E-state index is 6.80. The van der Waals surface area contributed by atoms with Crippen LogP contribution < -0.4 is 18.9 Å². The fourth-order valence-corrected chi connectivity index (χ4v) is 16.6. The van der Waals surface area contributed by atoms with Gasteiger partial charge in [-0.1, -0.05) is 243 Å². The van der Waals surface area contributed by atoms with Gasteiger partial charge in [-0.2, -0.15) is 0 Å². The van der Waals surface area contributed by atoms with E-state index in [-0.39, 0.29) is 0 Å². The average molecular weight is 1610 g/mol. The van der Waals surface area contributed by atoms with Crippen molar-refractivity contribution in [2.24, 2.45) is 0 Å². The number of ether oxygens (including phenoxy) is 4. The fraction of sp³-hybridized carbons (Fsp3) is 0.0714. The molecule has 0 radical (unpaired) electrons. The van der Waals surface area contributed by atoms with E-state index in [9.17, 15) is 0 Å². The second-order valence-electron chi connectivity index (χ2n) is 30.0. The number of aromatic nitrogens is 8. The quantitative estimate of drug-likeness (QED) is 0.0638. The molecule has 8 aromatic heterocycles. The molecule has 596 valence electrons. The Balaban J connectivity index is 0.000000163. The molecular formula is C112H84N8O4. The van der Waals surface area contributed by atoms with Crippen molar-refractivity contribution in [3.8, 4) is 180 Å². The molecule has 12 nitrogen and oxygen atoms in total. The van der Waals surface area contributed by atoms with E-state index < -0.39 is 0 Å². The van der Waals surface area contributed by atoms with E-state index in [0.717, 1.165) is 223 Å². The lowest BCUT2D eigenvalue weighted by molar-refractivity contribution is 0.338. The first-order valence-corrected chi connectivity index (χ1v) is 42.0. The lowest BCUT2D eigenvalue weighted by Crippen LogP contribution is -2.02. The van der Waals surface area contributed by atoms with Gasteiger partial charge in [0.15, 0.2) is 0 Å². The summed E-state index contributed by atoms with van der Waals surface area (Å²) in [5.41, 5.74) is 27.6. The maximum Gasteiger partial charge on any atom is 0.135 e. The van der Waals surface area contributed by atoms with Crippen molar-refractivity contribution < 1.29 is 18.9 Å². The first-order valence-electron chi connectivity index (χ1n) is 42.0. The molecule has 0 N–H and O–H groups in total. The van der Waals surface area contributed by atoms with E-state index in [2.05, 4.69) is 290 Å². The van der Waals surface area contributed by atoms with Crippen molar-refractivity contribution in [3.63, 3.8) is 0 Å². The second kappa shape index (κ2) is 35.6. The average Bonchev–Trinajstić information content (AvgIpc) is 0.732. The summed E-state index contributed by atoms with van der Waals surface area (Å²) in [5, 5.41) is 8.83. The molecule has 0 amide bonds. The van der Waals surface area contributed by atoms with E-state index in [1.165, 1.54) is 0 Å². The Morgan fingerprint density at radius 1 is 0.177 bits per heavy atom. The summed E-state index contributed by atoms with van der Waals surface area (Å²) in [6, 6.07) is 118.